The van der Waals surface area contributed by atoms with Crippen molar-refractivity contribution in [2.24, 2.45) is 0 Å². The predicted molar refractivity (Wildman–Crippen MR) is 262 cm³/mol. The highest BCUT2D eigenvalue weighted by Gasteiger charge is 2.18. The minimum atomic E-state index is 1.10. The third-order valence-corrected chi connectivity index (χ3v) is 12.6. The molecule has 0 aliphatic heterocycles. The first-order valence-corrected chi connectivity index (χ1v) is 21.1. The Hall–Kier alpha value is -8.00. The topological polar surface area (TPSA) is 3.24 Å². The lowest BCUT2D eigenvalue weighted by Crippen LogP contribution is -2.10. The van der Waals surface area contributed by atoms with Gasteiger partial charge in [-0.3, -0.25) is 0 Å². The van der Waals surface area contributed by atoms with E-state index in [4.69, 9.17) is 0 Å². The highest BCUT2D eigenvalue weighted by atomic mass is 15.1. The van der Waals surface area contributed by atoms with E-state index in [0.29, 0.717) is 0 Å². The van der Waals surface area contributed by atoms with Gasteiger partial charge in [0.25, 0.3) is 0 Å². The summed E-state index contributed by atoms with van der Waals surface area (Å²) >= 11 is 0. The molecule has 12 aromatic carbocycles. The van der Waals surface area contributed by atoms with Gasteiger partial charge in [-0.15, -0.1) is 0 Å². The average molecular weight is 774 g/mol. The van der Waals surface area contributed by atoms with Crippen LogP contribution in [0.1, 0.15) is 0 Å². The predicted octanol–water partition coefficient (Wildman–Crippen LogP) is 17.1. The van der Waals surface area contributed by atoms with E-state index < -0.39 is 0 Å². The Labute approximate surface area is 355 Å². The van der Waals surface area contributed by atoms with Gasteiger partial charge in [0.1, 0.15) is 0 Å². The first-order chi connectivity index (χ1) is 30.2. The fourth-order valence-electron chi connectivity index (χ4n) is 9.54. The van der Waals surface area contributed by atoms with E-state index in [2.05, 4.69) is 241 Å². The largest absolute Gasteiger partial charge is 0.310 e. The summed E-state index contributed by atoms with van der Waals surface area (Å²) < 4.78 is 0. The van der Waals surface area contributed by atoms with Crippen LogP contribution < -0.4 is 4.90 Å². The van der Waals surface area contributed by atoms with E-state index >= 15 is 0 Å². The van der Waals surface area contributed by atoms with E-state index in [9.17, 15) is 0 Å². The van der Waals surface area contributed by atoms with Gasteiger partial charge in [-0.05, 0) is 147 Å². The Bertz CT molecular complexity index is 3640. The zero-order chi connectivity index (χ0) is 40.3. The van der Waals surface area contributed by atoms with Crippen LogP contribution in [-0.4, -0.2) is 0 Å². The molecule has 0 aliphatic rings. The summed E-state index contributed by atoms with van der Waals surface area (Å²) in [5.41, 5.74) is 10.5. The average Bonchev–Trinajstić information content (AvgIpc) is 3.34. The quantitative estimate of drug-likeness (QED) is 0.152. The molecule has 0 heterocycles. The van der Waals surface area contributed by atoms with E-state index in [1.54, 1.807) is 0 Å². The van der Waals surface area contributed by atoms with E-state index in [0.717, 1.165) is 17.1 Å². The van der Waals surface area contributed by atoms with Crippen LogP contribution in [0.4, 0.5) is 17.1 Å². The lowest BCUT2D eigenvalue weighted by Gasteiger charge is -2.27. The van der Waals surface area contributed by atoms with E-state index in [1.165, 1.54) is 98.0 Å². The van der Waals surface area contributed by atoms with Crippen LogP contribution in [0.3, 0.4) is 0 Å². The Morgan fingerprint density at radius 3 is 1.44 bits per heavy atom. The molecule has 1 nitrogen and oxygen atoms in total. The molecule has 284 valence electrons. The zero-order valence-corrected chi connectivity index (χ0v) is 33.5. The maximum absolute atomic E-state index is 2.43. The molecule has 12 aromatic rings. The van der Waals surface area contributed by atoms with Gasteiger partial charge in [0, 0.05) is 17.1 Å². The van der Waals surface area contributed by atoms with E-state index in [1.807, 2.05) is 0 Å². The van der Waals surface area contributed by atoms with Gasteiger partial charge in [0.15, 0.2) is 0 Å². The summed E-state index contributed by atoms with van der Waals surface area (Å²) in [6, 6.07) is 87.0. The van der Waals surface area contributed by atoms with Gasteiger partial charge in [-0.2, -0.15) is 0 Å². The molecule has 0 atom stereocenters. The monoisotopic (exact) mass is 773 g/mol. The summed E-state index contributed by atoms with van der Waals surface area (Å²) in [5.74, 6) is 0. The van der Waals surface area contributed by atoms with Crippen molar-refractivity contribution in [3.8, 4) is 33.4 Å². The second-order valence-electron chi connectivity index (χ2n) is 16.1. The molecule has 0 spiro atoms. The van der Waals surface area contributed by atoms with Gasteiger partial charge >= 0.3 is 0 Å². The number of fused-ring (bicyclic) bond motifs is 9. The van der Waals surface area contributed by atoms with Crippen molar-refractivity contribution in [1.82, 2.24) is 0 Å². The fourth-order valence-corrected chi connectivity index (χ4v) is 9.54. The highest BCUT2D eigenvalue weighted by Crippen LogP contribution is 2.43. The van der Waals surface area contributed by atoms with Crippen molar-refractivity contribution in [2.75, 3.05) is 4.90 Å². The molecule has 0 fully saturated rings. The maximum atomic E-state index is 2.43. The highest BCUT2D eigenvalue weighted by molar-refractivity contribution is 6.20. The van der Waals surface area contributed by atoms with Crippen LogP contribution in [0.15, 0.2) is 237 Å². The summed E-state index contributed by atoms with van der Waals surface area (Å²) in [4.78, 5) is 2.43. The van der Waals surface area contributed by atoms with Gasteiger partial charge in [0.05, 0.1) is 0 Å². The minimum Gasteiger partial charge on any atom is -0.310 e. The maximum Gasteiger partial charge on any atom is 0.0468 e. The van der Waals surface area contributed by atoms with E-state index in [-0.39, 0.29) is 0 Å². The van der Waals surface area contributed by atoms with Crippen molar-refractivity contribution in [2.45, 2.75) is 0 Å². The van der Waals surface area contributed by atoms with Gasteiger partial charge in [0.2, 0.25) is 0 Å². The molecule has 0 aliphatic carbocycles. The minimum absolute atomic E-state index is 1.10. The van der Waals surface area contributed by atoms with Crippen LogP contribution in [0.2, 0.25) is 0 Å². The molecule has 61 heavy (non-hydrogen) atoms. The molecule has 0 amide bonds. The number of nitrogens with zero attached hydrogens (tertiary/aromatic N) is 1. The number of benzene rings is 12. The first-order valence-electron chi connectivity index (χ1n) is 21.1. The Morgan fingerprint density at radius 2 is 0.689 bits per heavy atom. The van der Waals surface area contributed by atoms with Gasteiger partial charge in [-0.25, -0.2) is 0 Å². The number of anilines is 3. The molecule has 0 unspecified atom stereocenters. The Kier molecular flexibility index (Phi) is 8.25. The standard InChI is InChI=1S/C60H39N/c1-3-11-41(12-4-1)55-34-32-53(39-58(55)42-13-5-2-6-14-42)61(52-31-28-45-21-20-43-15-7-9-17-54(43)59(45)38-52)51-30-27-40-19-25-47(36-50(40)37-51)48-29-33-57-49(35-48)26-24-46-23-22-44-16-8-10-18-56(44)60(46)57/h1-39H. The summed E-state index contributed by atoms with van der Waals surface area (Å²) in [5, 5.41) is 15.1. The number of rotatable bonds is 6. The molecular formula is C60H39N. The lowest BCUT2D eigenvalue weighted by molar-refractivity contribution is 1.29. The smallest absolute Gasteiger partial charge is 0.0468 e. The lowest BCUT2D eigenvalue weighted by atomic mass is 9.93. The molecule has 12 rings (SSSR count). The van der Waals surface area contributed by atoms with Crippen molar-refractivity contribution in [3.05, 3.63) is 237 Å². The third kappa shape index (κ3) is 6.10. The van der Waals surface area contributed by atoms with Crippen LogP contribution in [0.25, 0.3) is 98.0 Å². The SMILES string of the molecule is c1ccc(-c2ccc(N(c3ccc4ccc(-c5ccc6c(ccc7ccc8ccccc8c76)c5)cc4c3)c3ccc4ccc5ccccc5c4c3)cc2-c2ccccc2)cc1. The zero-order valence-electron chi connectivity index (χ0n) is 33.5. The Balaban J connectivity index is 1.03. The first kappa shape index (κ1) is 35.0. The number of hydrogen-bond donors (Lipinski definition) is 0. The van der Waals surface area contributed by atoms with Gasteiger partial charge < -0.3 is 4.90 Å². The summed E-state index contributed by atoms with van der Waals surface area (Å²) in [6.07, 6.45) is 0. The molecule has 0 N–H and O–H groups in total. The third-order valence-electron chi connectivity index (χ3n) is 12.6. The van der Waals surface area contributed by atoms with Crippen molar-refractivity contribution < 1.29 is 0 Å². The normalized spacial score (nSPS) is 11.6. The molecule has 0 aromatic heterocycles. The molecule has 1 heteroatoms. The van der Waals surface area contributed by atoms with Crippen molar-refractivity contribution in [1.29, 1.82) is 0 Å². The number of hydrogen-bond acceptors (Lipinski definition) is 1. The second kappa shape index (κ2) is 14.4. The molecule has 0 radical (unpaired) electrons. The summed E-state index contributed by atoms with van der Waals surface area (Å²) in [7, 11) is 0. The summed E-state index contributed by atoms with van der Waals surface area (Å²) in [6.45, 7) is 0. The van der Waals surface area contributed by atoms with Crippen LogP contribution in [-0.2, 0) is 0 Å². The second-order valence-corrected chi connectivity index (χ2v) is 16.1. The molecule has 0 saturated heterocycles. The van der Waals surface area contributed by atoms with Crippen LogP contribution in [0, 0.1) is 0 Å². The van der Waals surface area contributed by atoms with Crippen molar-refractivity contribution >= 4 is 81.7 Å². The van der Waals surface area contributed by atoms with Crippen LogP contribution in [0.5, 0.6) is 0 Å². The molecular weight excluding hydrogens is 735 g/mol. The van der Waals surface area contributed by atoms with Crippen molar-refractivity contribution in [3.63, 3.8) is 0 Å². The van der Waals surface area contributed by atoms with Gasteiger partial charge in [-0.1, -0.05) is 188 Å². The molecule has 0 bridgehead atoms. The molecule has 0 saturated carbocycles. The Morgan fingerprint density at radius 1 is 0.213 bits per heavy atom. The van der Waals surface area contributed by atoms with Crippen LogP contribution >= 0.6 is 0 Å². The fraction of sp³-hybridized carbons (Fsp3) is 0.